The summed E-state index contributed by atoms with van der Waals surface area (Å²) >= 11 is 1.17. The number of benzene rings is 1. The fourth-order valence-corrected chi connectivity index (χ4v) is 2.59. The Bertz CT molecular complexity index is 696. The van der Waals surface area contributed by atoms with Crippen molar-refractivity contribution in [1.29, 1.82) is 0 Å². The van der Waals surface area contributed by atoms with Gasteiger partial charge in [0.1, 0.15) is 10.8 Å². The summed E-state index contributed by atoms with van der Waals surface area (Å²) in [6.07, 6.45) is 0. The molecule has 1 unspecified atom stereocenters. The lowest BCUT2D eigenvalue weighted by molar-refractivity contribution is 0.0691. The number of carboxylic acids is 1. The molecule has 1 amide bonds. The molecule has 110 valence electrons. The number of hydrogen-bond acceptors (Lipinski definition) is 5. The second kappa shape index (κ2) is 5.92. The van der Waals surface area contributed by atoms with Crippen LogP contribution in [0.25, 0.3) is 0 Å². The zero-order valence-electron chi connectivity index (χ0n) is 11.5. The second-order valence-electron chi connectivity index (χ2n) is 4.52. The molecule has 0 aliphatic heterocycles. The lowest BCUT2D eigenvalue weighted by Crippen LogP contribution is -2.27. The van der Waals surface area contributed by atoms with Gasteiger partial charge < -0.3 is 15.5 Å². The zero-order chi connectivity index (χ0) is 15.6. The van der Waals surface area contributed by atoms with E-state index in [4.69, 9.17) is 5.11 Å². The van der Waals surface area contributed by atoms with E-state index in [1.165, 1.54) is 22.8 Å². The van der Waals surface area contributed by atoms with Gasteiger partial charge in [-0.1, -0.05) is 6.07 Å². The molecule has 21 heavy (non-hydrogen) atoms. The van der Waals surface area contributed by atoms with E-state index in [0.717, 1.165) is 0 Å². The van der Waals surface area contributed by atoms with E-state index in [2.05, 4.69) is 10.3 Å². The summed E-state index contributed by atoms with van der Waals surface area (Å²) in [5, 5.41) is 23.1. The number of carbonyl (C=O) groups excluding carboxylic acids is 1. The Morgan fingerprint density at radius 3 is 2.71 bits per heavy atom. The average Bonchev–Trinajstić information content (AvgIpc) is 2.91. The van der Waals surface area contributed by atoms with Crippen LogP contribution in [-0.2, 0) is 0 Å². The van der Waals surface area contributed by atoms with Crippen LogP contribution in [0.2, 0.25) is 0 Å². The van der Waals surface area contributed by atoms with Crippen molar-refractivity contribution in [3.63, 3.8) is 0 Å². The van der Waals surface area contributed by atoms with Crippen LogP contribution in [0.5, 0.6) is 5.75 Å². The molecular weight excluding hydrogens is 292 g/mol. The van der Waals surface area contributed by atoms with Crippen molar-refractivity contribution in [3.05, 3.63) is 45.4 Å². The number of nitrogens with zero attached hydrogens (tertiary/aromatic N) is 1. The number of phenols is 1. The smallest absolute Gasteiger partial charge is 0.355 e. The minimum absolute atomic E-state index is 0.0374. The van der Waals surface area contributed by atoms with Crippen LogP contribution in [-0.4, -0.2) is 27.1 Å². The molecule has 1 heterocycles. The summed E-state index contributed by atoms with van der Waals surface area (Å²) < 4.78 is 0. The first kappa shape index (κ1) is 15.0. The van der Waals surface area contributed by atoms with Crippen molar-refractivity contribution in [2.75, 3.05) is 0 Å². The Morgan fingerprint density at radius 2 is 2.10 bits per heavy atom. The van der Waals surface area contributed by atoms with Crippen LogP contribution < -0.4 is 5.32 Å². The van der Waals surface area contributed by atoms with Crippen molar-refractivity contribution in [2.45, 2.75) is 19.9 Å². The number of aromatic nitrogens is 1. The highest BCUT2D eigenvalue weighted by Crippen LogP contribution is 2.22. The summed E-state index contributed by atoms with van der Waals surface area (Å²) in [5.41, 5.74) is 0.828. The maximum Gasteiger partial charge on any atom is 0.355 e. The molecule has 0 saturated carbocycles. The fraction of sp³-hybridized carbons (Fsp3) is 0.214. The molecule has 2 aromatic rings. The summed E-state index contributed by atoms with van der Waals surface area (Å²) in [7, 11) is 0. The normalized spacial score (nSPS) is 11.9. The van der Waals surface area contributed by atoms with Crippen molar-refractivity contribution in [1.82, 2.24) is 10.3 Å². The molecule has 0 aliphatic rings. The number of thiazole rings is 1. The standard InChI is InChI=1S/C14H14N2O4S/c1-7-9(4-3-5-11(7)17)12(18)15-8(2)13-16-10(6-21-13)14(19)20/h3-6,8,17H,1-2H3,(H,15,18)(H,19,20). The summed E-state index contributed by atoms with van der Waals surface area (Å²) in [5.74, 6) is -1.39. The van der Waals surface area contributed by atoms with Crippen LogP contribution in [0.4, 0.5) is 0 Å². The molecule has 0 fully saturated rings. The Balaban J connectivity index is 2.14. The van der Waals surface area contributed by atoms with Crippen LogP contribution in [0.3, 0.4) is 0 Å². The number of rotatable bonds is 4. The SMILES string of the molecule is Cc1c(O)cccc1C(=O)NC(C)c1nc(C(=O)O)cs1. The van der Waals surface area contributed by atoms with Crippen LogP contribution >= 0.6 is 11.3 Å². The van der Waals surface area contributed by atoms with Crippen molar-refractivity contribution in [3.8, 4) is 5.75 Å². The highest BCUT2D eigenvalue weighted by atomic mass is 32.1. The predicted octanol–water partition coefficient (Wildman–Crippen LogP) is 2.35. The fourth-order valence-electron chi connectivity index (χ4n) is 1.79. The van der Waals surface area contributed by atoms with E-state index in [0.29, 0.717) is 16.1 Å². The van der Waals surface area contributed by atoms with E-state index >= 15 is 0 Å². The molecular formula is C14H14N2O4S. The van der Waals surface area contributed by atoms with E-state index in [-0.39, 0.29) is 17.4 Å². The number of nitrogens with one attached hydrogen (secondary N) is 1. The Labute approximate surface area is 125 Å². The van der Waals surface area contributed by atoms with E-state index in [9.17, 15) is 14.7 Å². The highest BCUT2D eigenvalue weighted by molar-refractivity contribution is 7.09. The Morgan fingerprint density at radius 1 is 1.38 bits per heavy atom. The third-order valence-electron chi connectivity index (χ3n) is 3.01. The number of phenolic OH excluding ortho intramolecular Hbond substituents is 1. The number of amides is 1. The van der Waals surface area contributed by atoms with Crippen LogP contribution in [0.1, 0.15) is 44.4 Å². The van der Waals surface area contributed by atoms with Crippen molar-refractivity contribution >= 4 is 23.2 Å². The van der Waals surface area contributed by atoms with E-state index in [1.54, 1.807) is 26.0 Å². The summed E-state index contributed by atoms with van der Waals surface area (Å²) in [6, 6.07) is 4.29. The summed E-state index contributed by atoms with van der Waals surface area (Å²) in [4.78, 5) is 26.9. The maximum absolute atomic E-state index is 12.2. The van der Waals surface area contributed by atoms with Gasteiger partial charge in [-0.05, 0) is 26.0 Å². The van der Waals surface area contributed by atoms with E-state index < -0.39 is 12.0 Å². The average molecular weight is 306 g/mol. The Hall–Kier alpha value is -2.41. The number of carboxylic acid groups (broad SMARTS) is 1. The molecule has 3 N–H and O–H groups in total. The monoisotopic (exact) mass is 306 g/mol. The van der Waals surface area contributed by atoms with Gasteiger partial charge >= 0.3 is 5.97 Å². The van der Waals surface area contributed by atoms with Gasteiger partial charge in [0, 0.05) is 16.5 Å². The highest BCUT2D eigenvalue weighted by Gasteiger charge is 2.18. The molecule has 0 radical (unpaired) electrons. The predicted molar refractivity (Wildman–Crippen MR) is 77.8 cm³/mol. The number of aromatic carboxylic acids is 1. The Kier molecular flexibility index (Phi) is 4.23. The third-order valence-corrected chi connectivity index (χ3v) is 4.04. The molecule has 0 bridgehead atoms. The minimum atomic E-state index is -1.10. The molecule has 2 rings (SSSR count). The van der Waals surface area contributed by atoms with E-state index in [1.807, 2.05) is 0 Å². The molecule has 0 spiro atoms. The van der Waals surface area contributed by atoms with Gasteiger partial charge in [0.15, 0.2) is 5.69 Å². The van der Waals surface area contributed by atoms with Gasteiger partial charge in [-0.2, -0.15) is 0 Å². The zero-order valence-corrected chi connectivity index (χ0v) is 12.3. The quantitative estimate of drug-likeness (QED) is 0.805. The minimum Gasteiger partial charge on any atom is -0.508 e. The second-order valence-corrected chi connectivity index (χ2v) is 5.41. The first-order valence-electron chi connectivity index (χ1n) is 6.18. The van der Waals surface area contributed by atoms with Gasteiger partial charge in [-0.3, -0.25) is 4.79 Å². The largest absolute Gasteiger partial charge is 0.508 e. The summed E-state index contributed by atoms with van der Waals surface area (Å²) in [6.45, 7) is 3.38. The van der Waals surface area contributed by atoms with Gasteiger partial charge in [0.05, 0.1) is 6.04 Å². The van der Waals surface area contributed by atoms with Gasteiger partial charge in [-0.25, -0.2) is 9.78 Å². The lowest BCUT2D eigenvalue weighted by Gasteiger charge is -2.13. The van der Waals surface area contributed by atoms with Crippen LogP contribution in [0.15, 0.2) is 23.6 Å². The molecule has 1 atom stereocenters. The molecule has 0 saturated heterocycles. The lowest BCUT2D eigenvalue weighted by atomic mass is 10.1. The van der Waals surface area contributed by atoms with Gasteiger partial charge in [0.2, 0.25) is 0 Å². The van der Waals surface area contributed by atoms with Crippen molar-refractivity contribution in [2.24, 2.45) is 0 Å². The first-order chi connectivity index (χ1) is 9.90. The van der Waals surface area contributed by atoms with Gasteiger partial charge in [-0.15, -0.1) is 11.3 Å². The van der Waals surface area contributed by atoms with Crippen molar-refractivity contribution < 1.29 is 19.8 Å². The topological polar surface area (TPSA) is 99.5 Å². The molecule has 0 aliphatic carbocycles. The number of aromatic hydroxyl groups is 1. The van der Waals surface area contributed by atoms with Gasteiger partial charge in [0.25, 0.3) is 5.91 Å². The number of carbonyl (C=O) groups is 2. The first-order valence-corrected chi connectivity index (χ1v) is 7.06. The molecule has 7 heteroatoms. The third kappa shape index (κ3) is 3.19. The molecule has 1 aromatic heterocycles. The van der Waals surface area contributed by atoms with Crippen LogP contribution in [0, 0.1) is 6.92 Å². The maximum atomic E-state index is 12.2. The molecule has 6 nitrogen and oxygen atoms in total. The number of hydrogen-bond donors (Lipinski definition) is 3. The molecule has 1 aromatic carbocycles.